The molecule has 1 aliphatic heterocycles. The molecule has 1 aromatic heterocycles. The summed E-state index contributed by atoms with van der Waals surface area (Å²) in [6.45, 7) is 3.02. The Hall–Kier alpha value is -2.77. The Labute approximate surface area is 174 Å². The number of ether oxygens (including phenoxy) is 3. The lowest BCUT2D eigenvalue weighted by atomic mass is 9.92. The second kappa shape index (κ2) is 7.18. The van der Waals surface area contributed by atoms with Gasteiger partial charge in [0.1, 0.15) is 18.1 Å². The van der Waals surface area contributed by atoms with E-state index in [0.717, 1.165) is 35.4 Å². The topological polar surface area (TPSA) is 81.5 Å². The zero-order chi connectivity index (χ0) is 20.9. The lowest BCUT2D eigenvalue weighted by Gasteiger charge is -2.32. The number of nitrogens with one attached hydrogen (secondary N) is 2. The number of hydrogen-bond acceptors (Lipinski definition) is 5. The van der Waals surface area contributed by atoms with Crippen LogP contribution in [0.1, 0.15) is 25.0 Å². The monoisotopic (exact) mass is 411 g/mol. The molecule has 0 amide bonds. The molecule has 6 nitrogen and oxygen atoms in total. The first-order valence-corrected chi connectivity index (χ1v) is 10.3. The number of nitrogens with two attached hydrogens (primary N) is 1. The van der Waals surface area contributed by atoms with Crippen molar-refractivity contribution in [1.82, 2.24) is 10.3 Å². The number of aromatic nitrogens is 1. The zero-order valence-corrected chi connectivity index (χ0v) is 17.2. The van der Waals surface area contributed by atoms with Gasteiger partial charge in [0.05, 0.1) is 12.6 Å². The van der Waals surface area contributed by atoms with Gasteiger partial charge >= 0.3 is 0 Å². The van der Waals surface area contributed by atoms with E-state index in [1.807, 2.05) is 25.1 Å². The van der Waals surface area contributed by atoms with Crippen molar-refractivity contribution in [3.8, 4) is 5.75 Å². The molecule has 0 radical (unpaired) electrons. The van der Waals surface area contributed by atoms with Gasteiger partial charge in [-0.1, -0.05) is 0 Å². The maximum atomic E-state index is 15.0. The van der Waals surface area contributed by atoms with E-state index in [4.69, 9.17) is 19.9 Å². The number of benzene rings is 1. The molecule has 2 heterocycles. The van der Waals surface area contributed by atoms with Crippen molar-refractivity contribution in [2.75, 3.05) is 20.3 Å². The van der Waals surface area contributed by atoms with Crippen LogP contribution in [0.15, 0.2) is 53.2 Å². The van der Waals surface area contributed by atoms with Crippen LogP contribution in [0.25, 0.3) is 10.9 Å². The summed E-state index contributed by atoms with van der Waals surface area (Å²) in [5.41, 5.74) is 8.55. The summed E-state index contributed by atoms with van der Waals surface area (Å²) in [7, 11) is 1.62. The molecule has 158 valence electrons. The highest BCUT2D eigenvalue weighted by Crippen LogP contribution is 2.37. The van der Waals surface area contributed by atoms with E-state index in [-0.39, 0.29) is 23.1 Å². The SMILES string of the molecule is COC1=C(OCC2(N)CC2)C[C@@H]2NCC=C(Oc3ccc4[nH]c(C)cc4c3F)C2=C1. The average molecular weight is 411 g/mol. The summed E-state index contributed by atoms with van der Waals surface area (Å²) >= 11 is 0. The largest absolute Gasteiger partial charge is 0.493 e. The molecule has 0 spiro atoms. The van der Waals surface area contributed by atoms with Gasteiger partial charge in [0.15, 0.2) is 17.3 Å². The number of halogens is 1. The summed E-state index contributed by atoms with van der Waals surface area (Å²) in [5.74, 6) is 1.91. The Kier molecular flexibility index (Phi) is 4.60. The molecule has 2 aromatic rings. The molecule has 4 N–H and O–H groups in total. The van der Waals surface area contributed by atoms with Crippen LogP contribution in [-0.2, 0) is 9.47 Å². The second-order valence-corrected chi connectivity index (χ2v) is 8.37. The summed E-state index contributed by atoms with van der Waals surface area (Å²) in [4.78, 5) is 3.14. The first kappa shape index (κ1) is 19.2. The van der Waals surface area contributed by atoms with Crippen molar-refractivity contribution < 1.29 is 18.6 Å². The number of hydrogen-bond donors (Lipinski definition) is 3. The highest BCUT2D eigenvalue weighted by atomic mass is 19.1. The fraction of sp³-hybridized carbons (Fsp3) is 0.391. The van der Waals surface area contributed by atoms with Crippen LogP contribution in [0.3, 0.4) is 0 Å². The number of fused-ring (bicyclic) bond motifs is 2. The smallest absolute Gasteiger partial charge is 0.175 e. The third-order valence-electron chi connectivity index (χ3n) is 5.97. The molecule has 0 unspecified atom stereocenters. The van der Waals surface area contributed by atoms with E-state index in [2.05, 4.69) is 10.3 Å². The number of allylic oxidation sites excluding steroid dienone is 1. The molecule has 0 saturated heterocycles. The summed E-state index contributed by atoms with van der Waals surface area (Å²) < 4.78 is 32.6. The van der Waals surface area contributed by atoms with Crippen LogP contribution in [0.4, 0.5) is 4.39 Å². The first-order chi connectivity index (χ1) is 14.5. The predicted molar refractivity (Wildman–Crippen MR) is 112 cm³/mol. The molecule has 5 rings (SSSR count). The minimum Gasteiger partial charge on any atom is -0.493 e. The quantitative estimate of drug-likeness (QED) is 0.677. The minimum atomic E-state index is -0.367. The Morgan fingerprint density at radius 2 is 2.13 bits per heavy atom. The Bertz CT molecular complexity index is 1090. The van der Waals surface area contributed by atoms with Crippen molar-refractivity contribution in [2.45, 2.75) is 37.8 Å². The number of H-pyrrole nitrogens is 1. The Morgan fingerprint density at radius 3 is 2.90 bits per heavy atom. The fourth-order valence-corrected chi connectivity index (χ4v) is 3.98. The van der Waals surface area contributed by atoms with Crippen LogP contribution >= 0.6 is 0 Å². The van der Waals surface area contributed by atoms with Gasteiger partial charge in [-0.15, -0.1) is 0 Å². The first-order valence-electron chi connectivity index (χ1n) is 10.3. The summed E-state index contributed by atoms with van der Waals surface area (Å²) in [6, 6.07) is 5.29. The van der Waals surface area contributed by atoms with Crippen molar-refractivity contribution in [3.05, 3.63) is 64.7 Å². The van der Waals surface area contributed by atoms with E-state index in [0.29, 0.717) is 36.5 Å². The van der Waals surface area contributed by atoms with Crippen molar-refractivity contribution in [2.24, 2.45) is 5.73 Å². The predicted octanol–water partition coefficient (Wildman–Crippen LogP) is 3.55. The zero-order valence-electron chi connectivity index (χ0n) is 17.2. The molecule has 1 saturated carbocycles. The lowest BCUT2D eigenvalue weighted by Crippen LogP contribution is -2.39. The van der Waals surface area contributed by atoms with Crippen LogP contribution in [0, 0.1) is 12.7 Å². The maximum Gasteiger partial charge on any atom is 0.175 e. The third-order valence-corrected chi connectivity index (χ3v) is 5.97. The van der Waals surface area contributed by atoms with Gasteiger partial charge in [0.2, 0.25) is 0 Å². The van der Waals surface area contributed by atoms with Crippen LogP contribution < -0.4 is 15.8 Å². The number of aromatic amines is 1. The third kappa shape index (κ3) is 3.48. The van der Waals surface area contributed by atoms with Gasteiger partial charge in [-0.2, -0.15) is 0 Å². The van der Waals surface area contributed by atoms with Gasteiger partial charge in [0.25, 0.3) is 0 Å². The van der Waals surface area contributed by atoms with E-state index in [1.54, 1.807) is 19.2 Å². The highest BCUT2D eigenvalue weighted by Gasteiger charge is 2.40. The molecule has 1 fully saturated rings. The normalized spacial score (nSPS) is 22.3. The van der Waals surface area contributed by atoms with E-state index in [9.17, 15) is 0 Å². The van der Waals surface area contributed by atoms with E-state index in [1.165, 1.54) is 0 Å². The molecule has 7 heteroatoms. The Balaban J connectivity index is 1.42. The minimum absolute atomic E-state index is 0.00752. The van der Waals surface area contributed by atoms with Crippen LogP contribution in [-0.4, -0.2) is 36.8 Å². The van der Waals surface area contributed by atoms with Crippen molar-refractivity contribution >= 4 is 10.9 Å². The molecule has 1 aromatic carbocycles. The maximum absolute atomic E-state index is 15.0. The number of methoxy groups -OCH3 is 1. The number of aryl methyl sites for hydroxylation is 1. The summed E-state index contributed by atoms with van der Waals surface area (Å²) in [6.07, 6.45) is 6.44. The van der Waals surface area contributed by atoms with E-state index >= 15 is 4.39 Å². The molecule has 3 aliphatic rings. The van der Waals surface area contributed by atoms with Gasteiger partial charge in [-0.25, -0.2) is 4.39 Å². The van der Waals surface area contributed by atoms with Gasteiger partial charge in [-0.3, -0.25) is 0 Å². The van der Waals surface area contributed by atoms with Gasteiger partial charge < -0.3 is 30.2 Å². The van der Waals surface area contributed by atoms with Crippen molar-refractivity contribution in [1.29, 1.82) is 0 Å². The molecule has 30 heavy (non-hydrogen) atoms. The summed E-state index contributed by atoms with van der Waals surface area (Å²) in [5, 5.41) is 3.97. The lowest BCUT2D eigenvalue weighted by molar-refractivity contribution is 0.147. The molecule has 1 atom stereocenters. The van der Waals surface area contributed by atoms with Crippen LogP contribution in [0.2, 0.25) is 0 Å². The molecular formula is C23H26FN3O3. The molecule has 0 bridgehead atoms. The van der Waals surface area contributed by atoms with E-state index < -0.39 is 0 Å². The second-order valence-electron chi connectivity index (χ2n) is 8.37. The van der Waals surface area contributed by atoms with Crippen LogP contribution in [0.5, 0.6) is 5.75 Å². The van der Waals surface area contributed by atoms with Gasteiger partial charge in [-0.05, 0) is 50.1 Å². The highest BCUT2D eigenvalue weighted by molar-refractivity contribution is 5.82. The fourth-order valence-electron chi connectivity index (χ4n) is 3.98. The standard InChI is InChI=1S/C23H26FN3O3/c1-13-9-15-16(27-13)3-4-19(22(15)24)30-18-5-8-26-17-11-21(20(28-2)10-14(17)18)29-12-23(25)6-7-23/h3-5,9-10,17,26-27H,6-8,11-12,25H2,1-2H3/t17-/m0/s1. The van der Waals surface area contributed by atoms with Gasteiger partial charge in [0, 0.05) is 41.2 Å². The molecule has 2 aliphatic carbocycles. The van der Waals surface area contributed by atoms with Crippen molar-refractivity contribution in [3.63, 3.8) is 0 Å². The Morgan fingerprint density at radius 1 is 1.30 bits per heavy atom. The molecular weight excluding hydrogens is 385 g/mol. The number of rotatable bonds is 6. The average Bonchev–Trinajstić information content (AvgIpc) is 3.35.